The largest absolute Gasteiger partial charge is 0.374 e. The minimum absolute atomic E-state index is 0.0191. The van der Waals surface area contributed by atoms with Crippen molar-refractivity contribution in [1.29, 1.82) is 0 Å². The van der Waals surface area contributed by atoms with Crippen LogP contribution in [0.4, 0.5) is 17.1 Å². The van der Waals surface area contributed by atoms with E-state index in [0.717, 1.165) is 9.56 Å². The quantitative estimate of drug-likeness (QED) is 0.322. The summed E-state index contributed by atoms with van der Waals surface area (Å²) in [5, 5.41) is 10.3. The van der Waals surface area contributed by atoms with Crippen molar-refractivity contribution in [3.05, 3.63) is 102 Å². The molecule has 0 atom stereocenters. The fraction of sp³-hybridized carbons (Fsp3) is 0.130. The predicted molar refractivity (Wildman–Crippen MR) is 133 cm³/mol. The van der Waals surface area contributed by atoms with Crippen molar-refractivity contribution in [2.75, 3.05) is 24.7 Å². The maximum Gasteiger partial charge on any atom is 0.295 e. The van der Waals surface area contributed by atoms with Gasteiger partial charge in [-0.3, -0.25) is 24.3 Å². The number of pyridine rings is 1. The van der Waals surface area contributed by atoms with Crippen LogP contribution >= 0.6 is 11.3 Å². The van der Waals surface area contributed by atoms with Crippen LogP contribution in [0.5, 0.6) is 0 Å². The van der Waals surface area contributed by atoms with Crippen molar-refractivity contribution in [2.24, 2.45) is 0 Å². The molecule has 4 N–H and O–H groups in total. The lowest BCUT2D eigenvalue weighted by Gasteiger charge is -2.15. The second kappa shape index (κ2) is 9.63. The Labute approximate surface area is 197 Å². The molecule has 4 rings (SSSR count). The van der Waals surface area contributed by atoms with Gasteiger partial charge in [0.15, 0.2) is 0 Å². The number of anilines is 3. The Bertz CT molecular complexity index is 1490. The fourth-order valence-electron chi connectivity index (χ4n) is 3.28. The number of thiophene rings is 1. The summed E-state index contributed by atoms with van der Waals surface area (Å²) in [7, 11) is 3.06. The summed E-state index contributed by atoms with van der Waals surface area (Å²) in [6, 6.07) is 12.4. The van der Waals surface area contributed by atoms with E-state index in [9.17, 15) is 19.2 Å². The summed E-state index contributed by atoms with van der Waals surface area (Å²) in [6.07, 6.45) is 2.64. The zero-order chi connectivity index (χ0) is 24.2. The molecule has 174 valence electrons. The van der Waals surface area contributed by atoms with E-state index in [4.69, 9.17) is 0 Å². The Balaban J connectivity index is 1.84. The third-order valence-corrected chi connectivity index (χ3v) is 5.86. The molecule has 11 heteroatoms. The first-order chi connectivity index (χ1) is 16.4. The van der Waals surface area contributed by atoms with E-state index in [2.05, 4.69) is 20.7 Å². The second-order valence-electron chi connectivity index (χ2n) is 7.54. The molecule has 0 saturated heterocycles. The Morgan fingerprint density at radius 1 is 1.03 bits per heavy atom. The SMILES string of the molecule is CN(C)C(=O)c1c[nH]cc(Nc2c(NCc3cccs3)c(=O)[nH]n(-c3ccccc3)c2=O)c1=O. The molecular formula is C23H22N6O4S. The van der Waals surface area contributed by atoms with Crippen LogP contribution in [-0.4, -0.2) is 39.7 Å². The van der Waals surface area contributed by atoms with Gasteiger partial charge in [-0.15, -0.1) is 11.3 Å². The Hall–Kier alpha value is -4.38. The lowest BCUT2D eigenvalue weighted by atomic mass is 10.2. The van der Waals surface area contributed by atoms with Crippen LogP contribution in [0.1, 0.15) is 15.2 Å². The average Bonchev–Trinajstić information content (AvgIpc) is 3.35. The number of aromatic amines is 2. The highest BCUT2D eigenvalue weighted by Crippen LogP contribution is 2.19. The van der Waals surface area contributed by atoms with Gasteiger partial charge < -0.3 is 20.5 Å². The molecule has 0 saturated carbocycles. The molecule has 0 fully saturated rings. The Morgan fingerprint density at radius 2 is 1.79 bits per heavy atom. The standard InChI is InChI=1S/C23H22N6O4S/c1-28(2)22(32)16-12-24-13-17(20(16)30)26-19-18(25-11-15-9-6-10-34-15)21(31)27-29(23(19)33)14-7-4-3-5-8-14/h3-10,12-13,25-26H,11H2,1-2H3,(H,24,30)(H,27,31). The van der Waals surface area contributed by atoms with Crippen LogP contribution < -0.4 is 27.2 Å². The highest BCUT2D eigenvalue weighted by atomic mass is 32.1. The zero-order valence-electron chi connectivity index (χ0n) is 18.4. The van der Waals surface area contributed by atoms with Crippen LogP contribution in [0.2, 0.25) is 0 Å². The number of H-pyrrole nitrogens is 2. The van der Waals surface area contributed by atoms with Gasteiger partial charge in [0, 0.05) is 37.9 Å². The van der Waals surface area contributed by atoms with Gasteiger partial charge in [-0.1, -0.05) is 24.3 Å². The number of carbonyl (C=O) groups is 1. The van der Waals surface area contributed by atoms with Crippen molar-refractivity contribution in [3.8, 4) is 5.69 Å². The van der Waals surface area contributed by atoms with E-state index in [1.807, 2.05) is 17.5 Å². The van der Waals surface area contributed by atoms with Gasteiger partial charge in [0.1, 0.15) is 22.6 Å². The van der Waals surface area contributed by atoms with Crippen molar-refractivity contribution < 1.29 is 4.79 Å². The molecule has 0 bridgehead atoms. The van der Waals surface area contributed by atoms with Gasteiger partial charge in [-0.05, 0) is 23.6 Å². The Kier molecular flexibility index (Phi) is 6.46. The molecule has 1 amide bonds. The molecule has 0 spiro atoms. The minimum atomic E-state index is -0.604. The summed E-state index contributed by atoms with van der Waals surface area (Å²) >= 11 is 1.50. The number of hydrogen-bond acceptors (Lipinski definition) is 7. The van der Waals surface area contributed by atoms with Gasteiger partial charge >= 0.3 is 0 Å². The van der Waals surface area contributed by atoms with Crippen LogP contribution in [-0.2, 0) is 6.54 Å². The number of rotatable bonds is 7. The lowest BCUT2D eigenvalue weighted by molar-refractivity contribution is 0.0826. The van der Waals surface area contributed by atoms with Gasteiger partial charge in [0.25, 0.3) is 17.0 Å². The number of nitrogens with zero attached hydrogens (tertiary/aromatic N) is 2. The van der Waals surface area contributed by atoms with Gasteiger partial charge in [0.2, 0.25) is 5.43 Å². The molecule has 10 nitrogen and oxygen atoms in total. The number of benzene rings is 1. The van der Waals surface area contributed by atoms with E-state index in [1.54, 1.807) is 30.3 Å². The second-order valence-corrected chi connectivity index (χ2v) is 8.57. The first-order valence-corrected chi connectivity index (χ1v) is 11.2. The number of amides is 1. The highest BCUT2D eigenvalue weighted by molar-refractivity contribution is 7.09. The van der Waals surface area contributed by atoms with Gasteiger partial charge in [-0.25, -0.2) is 4.68 Å². The molecule has 0 unspecified atom stereocenters. The van der Waals surface area contributed by atoms with Crippen molar-refractivity contribution in [2.45, 2.75) is 6.54 Å². The third kappa shape index (κ3) is 4.55. The summed E-state index contributed by atoms with van der Waals surface area (Å²) in [6.45, 7) is 0.305. The van der Waals surface area contributed by atoms with Gasteiger partial charge in [-0.2, -0.15) is 0 Å². The monoisotopic (exact) mass is 478 g/mol. The number of carbonyl (C=O) groups excluding carboxylic acids is 1. The molecule has 4 aromatic rings. The Morgan fingerprint density at radius 3 is 2.47 bits per heavy atom. The van der Waals surface area contributed by atoms with E-state index in [-0.39, 0.29) is 22.6 Å². The lowest BCUT2D eigenvalue weighted by Crippen LogP contribution is -2.33. The normalized spacial score (nSPS) is 10.6. The van der Waals surface area contributed by atoms with Crippen molar-refractivity contribution >= 4 is 34.3 Å². The molecule has 0 radical (unpaired) electrons. The van der Waals surface area contributed by atoms with Crippen molar-refractivity contribution in [1.82, 2.24) is 19.7 Å². The van der Waals surface area contributed by atoms with E-state index in [0.29, 0.717) is 12.2 Å². The molecular weight excluding hydrogens is 456 g/mol. The smallest absolute Gasteiger partial charge is 0.295 e. The molecule has 0 aliphatic carbocycles. The number of hydrogen-bond donors (Lipinski definition) is 4. The van der Waals surface area contributed by atoms with E-state index >= 15 is 0 Å². The third-order valence-electron chi connectivity index (χ3n) is 4.98. The van der Waals surface area contributed by atoms with Gasteiger partial charge in [0.05, 0.1) is 5.69 Å². The molecule has 1 aromatic carbocycles. The fourth-order valence-corrected chi connectivity index (χ4v) is 3.93. The molecule has 0 aliphatic rings. The van der Waals surface area contributed by atoms with Crippen LogP contribution in [0, 0.1) is 0 Å². The number of para-hydroxylation sites is 1. The average molecular weight is 479 g/mol. The zero-order valence-corrected chi connectivity index (χ0v) is 19.2. The van der Waals surface area contributed by atoms with E-state index < -0.39 is 22.5 Å². The topological polar surface area (TPSA) is 132 Å². The minimum Gasteiger partial charge on any atom is -0.374 e. The molecule has 3 heterocycles. The highest BCUT2D eigenvalue weighted by Gasteiger charge is 2.20. The number of nitrogens with one attached hydrogen (secondary N) is 4. The summed E-state index contributed by atoms with van der Waals surface area (Å²) in [5.41, 5.74) is -1.58. The van der Waals surface area contributed by atoms with Crippen LogP contribution in [0.25, 0.3) is 5.69 Å². The van der Waals surface area contributed by atoms with Crippen LogP contribution in [0.3, 0.4) is 0 Å². The summed E-state index contributed by atoms with van der Waals surface area (Å²) < 4.78 is 1.10. The number of aromatic nitrogens is 3. The predicted octanol–water partition coefficient (Wildman–Crippen LogP) is 2.33. The van der Waals surface area contributed by atoms with Crippen molar-refractivity contribution in [3.63, 3.8) is 0 Å². The van der Waals surface area contributed by atoms with E-state index in [1.165, 1.54) is 42.7 Å². The maximum atomic E-state index is 13.5. The first kappa shape index (κ1) is 22.8. The molecule has 3 aromatic heterocycles. The first-order valence-electron chi connectivity index (χ1n) is 10.3. The maximum absolute atomic E-state index is 13.5. The summed E-state index contributed by atoms with van der Waals surface area (Å²) in [5.74, 6) is -0.492. The summed E-state index contributed by atoms with van der Waals surface area (Å²) in [4.78, 5) is 56.8. The molecule has 34 heavy (non-hydrogen) atoms. The van der Waals surface area contributed by atoms with Crippen LogP contribution in [0.15, 0.2) is 74.6 Å². The molecule has 0 aliphatic heterocycles.